The first-order valence-electron chi connectivity index (χ1n) is 8.77. The van der Waals surface area contributed by atoms with Gasteiger partial charge in [0.1, 0.15) is 5.54 Å². The van der Waals surface area contributed by atoms with Gasteiger partial charge in [-0.3, -0.25) is 13.9 Å². The van der Waals surface area contributed by atoms with Crippen LogP contribution in [0.25, 0.3) is 0 Å². The highest BCUT2D eigenvalue weighted by molar-refractivity contribution is 9.11. The van der Waals surface area contributed by atoms with Crippen LogP contribution in [0, 0.1) is 6.92 Å². The Morgan fingerprint density at radius 2 is 1.97 bits per heavy atom. The third kappa shape index (κ3) is 4.80. The molecule has 1 aromatic carbocycles. The van der Waals surface area contributed by atoms with Gasteiger partial charge in [0, 0.05) is 18.8 Å². The summed E-state index contributed by atoms with van der Waals surface area (Å²) in [4.78, 5) is 25.6. The van der Waals surface area contributed by atoms with Crippen molar-refractivity contribution < 1.29 is 18.0 Å². The largest absolute Gasteiger partial charge is 0.337 e. The van der Waals surface area contributed by atoms with Crippen molar-refractivity contribution in [2.45, 2.75) is 26.3 Å². The highest BCUT2D eigenvalue weighted by Crippen LogP contribution is 2.27. The molecule has 2 heterocycles. The van der Waals surface area contributed by atoms with E-state index in [1.807, 2.05) is 0 Å². The van der Waals surface area contributed by atoms with Gasteiger partial charge in [0.25, 0.3) is 5.91 Å². The van der Waals surface area contributed by atoms with Crippen molar-refractivity contribution in [3.05, 3.63) is 44.6 Å². The minimum absolute atomic E-state index is 0.334. The minimum Gasteiger partial charge on any atom is -0.337 e. The molecule has 1 saturated heterocycles. The molecule has 3 rings (SSSR count). The van der Waals surface area contributed by atoms with Crippen LogP contribution in [0.4, 0.5) is 11.4 Å². The molecule has 2 aromatic rings. The first-order chi connectivity index (χ1) is 13.5. The van der Waals surface area contributed by atoms with Gasteiger partial charge in [-0.05, 0) is 72.6 Å². The molecular weight excluding hydrogens is 480 g/mol. The van der Waals surface area contributed by atoms with Gasteiger partial charge in [-0.1, -0.05) is 0 Å². The average Bonchev–Trinajstić information content (AvgIpc) is 3.20. The number of anilines is 2. The molecule has 0 saturated carbocycles. The van der Waals surface area contributed by atoms with E-state index < -0.39 is 15.7 Å². The number of thiophene rings is 1. The van der Waals surface area contributed by atoms with Crippen molar-refractivity contribution in [1.82, 2.24) is 10.0 Å². The van der Waals surface area contributed by atoms with Crippen LogP contribution >= 0.6 is 27.3 Å². The Morgan fingerprint density at radius 3 is 2.52 bits per heavy atom. The van der Waals surface area contributed by atoms with Gasteiger partial charge in [0.05, 0.1) is 14.4 Å². The zero-order chi connectivity index (χ0) is 21.4. The molecule has 0 aliphatic carbocycles. The monoisotopic (exact) mass is 500 g/mol. The molecule has 0 spiro atoms. The molecular formula is C18H21BrN4O4S2. The fourth-order valence-electron chi connectivity index (χ4n) is 2.86. The lowest BCUT2D eigenvalue weighted by Crippen LogP contribution is -2.52. The zero-order valence-electron chi connectivity index (χ0n) is 16.1. The number of amides is 2. The average molecular weight is 501 g/mol. The van der Waals surface area contributed by atoms with Gasteiger partial charge >= 0.3 is 10.2 Å². The van der Waals surface area contributed by atoms with E-state index in [0.29, 0.717) is 34.9 Å². The number of aryl methyl sites for hydroxylation is 1. The number of benzene rings is 1. The highest BCUT2D eigenvalue weighted by atomic mass is 79.9. The van der Waals surface area contributed by atoms with E-state index in [0.717, 1.165) is 3.79 Å². The van der Waals surface area contributed by atoms with Gasteiger partial charge in [-0.15, -0.1) is 11.3 Å². The summed E-state index contributed by atoms with van der Waals surface area (Å²) in [6.07, 6.45) is 0. The second-order valence-electron chi connectivity index (χ2n) is 7.11. The van der Waals surface area contributed by atoms with Crippen LogP contribution in [-0.4, -0.2) is 38.9 Å². The number of nitrogens with one attached hydrogen (secondary N) is 3. The van der Waals surface area contributed by atoms with Crippen LogP contribution in [0.15, 0.2) is 34.1 Å². The van der Waals surface area contributed by atoms with E-state index in [4.69, 9.17) is 0 Å². The van der Waals surface area contributed by atoms with E-state index in [-0.39, 0.29) is 11.8 Å². The van der Waals surface area contributed by atoms with Crippen molar-refractivity contribution >= 4 is 60.7 Å². The second-order valence-corrected chi connectivity index (χ2v) is 11.3. The Labute approximate surface area is 182 Å². The second kappa shape index (κ2) is 8.05. The standard InChI is InChI=1S/C18H21BrN4O4S2/c1-11-10-12(4-5-13(11)23-9-8-20-29(23,26)27)21-17(25)18(2,3)22-16(24)14-6-7-15(19)28-14/h4-7,10,20H,8-9H2,1-3H3,(H,21,25)(H,22,24). The Morgan fingerprint density at radius 1 is 1.24 bits per heavy atom. The van der Waals surface area contributed by atoms with Crippen molar-refractivity contribution in [1.29, 1.82) is 0 Å². The maximum atomic E-state index is 12.7. The molecule has 1 fully saturated rings. The summed E-state index contributed by atoms with van der Waals surface area (Å²) in [6, 6.07) is 8.45. The summed E-state index contributed by atoms with van der Waals surface area (Å²) in [5, 5.41) is 5.51. The molecule has 0 atom stereocenters. The fourth-order valence-corrected chi connectivity index (χ4v) is 5.44. The van der Waals surface area contributed by atoms with E-state index in [1.165, 1.54) is 15.6 Å². The molecule has 29 heavy (non-hydrogen) atoms. The van der Waals surface area contributed by atoms with Crippen LogP contribution in [0.2, 0.25) is 0 Å². The summed E-state index contributed by atoms with van der Waals surface area (Å²) < 4.78 is 28.7. The number of halogens is 1. The van der Waals surface area contributed by atoms with E-state index >= 15 is 0 Å². The summed E-state index contributed by atoms with van der Waals surface area (Å²) >= 11 is 4.59. The summed E-state index contributed by atoms with van der Waals surface area (Å²) in [7, 11) is -3.51. The SMILES string of the molecule is Cc1cc(NC(=O)C(C)(C)NC(=O)c2ccc(Br)s2)ccc1N1CCNS1(=O)=O. The minimum atomic E-state index is -3.51. The van der Waals surface area contributed by atoms with Gasteiger partial charge in [0.2, 0.25) is 5.91 Å². The zero-order valence-corrected chi connectivity index (χ0v) is 19.3. The summed E-state index contributed by atoms with van der Waals surface area (Å²) in [6.45, 7) is 5.72. The highest BCUT2D eigenvalue weighted by Gasteiger charge is 2.31. The van der Waals surface area contributed by atoms with Crippen LogP contribution < -0.4 is 19.7 Å². The molecule has 156 valence electrons. The Hall–Kier alpha value is -1.95. The van der Waals surface area contributed by atoms with Gasteiger partial charge in [-0.25, -0.2) is 0 Å². The van der Waals surface area contributed by atoms with Crippen LogP contribution in [-0.2, 0) is 15.0 Å². The fraction of sp³-hybridized carbons (Fsp3) is 0.333. The predicted octanol–water partition coefficient (Wildman–Crippen LogP) is 2.62. The van der Waals surface area contributed by atoms with E-state index in [2.05, 4.69) is 31.3 Å². The number of rotatable bonds is 5. The molecule has 2 amide bonds. The maximum Gasteiger partial charge on any atom is 0.301 e. The maximum absolute atomic E-state index is 12.7. The molecule has 0 unspecified atom stereocenters. The normalized spacial score (nSPS) is 15.9. The number of carbonyl (C=O) groups excluding carboxylic acids is 2. The lowest BCUT2D eigenvalue weighted by Gasteiger charge is -2.25. The quantitative estimate of drug-likeness (QED) is 0.586. The van der Waals surface area contributed by atoms with Gasteiger partial charge in [0.15, 0.2) is 0 Å². The summed E-state index contributed by atoms with van der Waals surface area (Å²) in [5.74, 6) is -0.719. The molecule has 8 nitrogen and oxygen atoms in total. The van der Waals surface area contributed by atoms with Crippen molar-refractivity contribution in [3.8, 4) is 0 Å². The van der Waals surface area contributed by atoms with Crippen LogP contribution in [0.1, 0.15) is 29.1 Å². The first kappa shape index (κ1) is 21.8. The van der Waals surface area contributed by atoms with Gasteiger partial charge in [-0.2, -0.15) is 13.1 Å². The number of hydrogen-bond acceptors (Lipinski definition) is 5. The van der Waals surface area contributed by atoms with Crippen molar-refractivity contribution in [2.24, 2.45) is 0 Å². The van der Waals surface area contributed by atoms with Crippen LogP contribution in [0.3, 0.4) is 0 Å². The van der Waals surface area contributed by atoms with Crippen molar-refractivity contribution in [2.75, 3.05) is 22.7 Å². The molecule has 1 aliphatic heterocycles. The third-order valence-electron chi connectivity index (χ3n) is 4.40. The molecule has 3 N–H and O–H groups in total. The lowest BCUT2D eigenvalue weighted by atomic mass is 10.0. The van der Waals surface area contributed by atoms with E-state index in [9.17, 15) is 18.0 Å². The number of hydrogen-bond donors (Lipinski definition) is 3. The van der Waals surface area contributed by atoms with E-state index in [1.54, 1.807) is 51.1 Å². The number of carbonyl (C=O) groups is 2. The first-order valence-corrected chi connectivity index (χ1v) is 11.8. The lowest BCUT2D eigenvalue weighted by molar-refractivity contribution is -0.120. The molecule has 0 bridgehead atoms. The van der Waals surface area contributed by atoms with Crippen LogP contribution in [0.5, 0.6) is 0 Å². The van der Waals surface area contributed by atoms with Crippen molar-refractivity contribution in [3.63, 3.8) is 0 Å². The molecule has 0 radical (unpaired) electrons. The van der Waals surface area contributed by atoms with Gasteiger partial charge < -0.3 is 10.6 Å². The number of nitrogens with zero attached hydrogens (tertiary/aromatic N) is 1. The Balaban J connectivity index is 1.71. The smallest absolute Gasteiger partial charge is 0.301 e. The molecule has 1 aromatic heterocycles. The third-order valence-corrected chi connectivity index (χ3v) is 7.55. The Bertz CT molecular complexity index is 1070. The topological polar surface area (TPSA) is 108 Å². The Kier molecular flexibility index (Phi) is 6.04. The molecule has 1 aliphatic rings. The molecule has 11 heteroatoms. The summed E-state index contributed by atoms with van der Waals surface area (Å²) in [5.41, 5.74) is 0.633. The predicted molar refractivity (Wildman–Crippen MR) is 118 cm³/mol.